The largest absolute Gasteiger partial charge is 0.759 e. The van der Waals surface area contributed by atoms with Crippen LogP contribution in [0.25, 0.3) is 0 Å². The zero-order valence-corrected chi connectivity index (χ0v) is 34.0. The number of carbonyl (C=O) groups is 2. The summed E-state index contributed by atoms with van der Waals surface area (Å²) in [6.45, 7) is 9.34. The highest BCUT2D eigenvalue weighted by Crippen LogP contribution is 2.32. The van der Waals surface area contributed by atoms with E-state index in [1.54, 1.807) is 0 Å². The molecule has 0 heterocycles. The lowest BCUT2D eigenvalue weighted by Gasteiger charge is -2.41. The quantitative estimate of drug-likeness (QED) is 0.118. The van der Waals surface area contributed by atoms with Gasteiger partial charge in [-0.1, -0.05) is 77.0 Å². The van der Waals surface area contributed by atoms with Crippen LogP contribution in [0.4, 0.5) is 9.59 Å². The molecule has 13 heteroatoms. The first kappa shape index (κ1) is 45.5. The zero-order chi connectivity index (χ0) is 37.9. The molecule has 0 atom stereocenters. The molecule has 4 rings (SSSR count). The molecular formula is C38H74N4O8S. The van der Waals surface area contributed by atoms with Crippen molar-refractivity contribution in [2.75, 3.05) is 67.6 Å². The van der Waals surface area contributed by atoms with E-state index in [0.717, 1.165) is 35.1 Å². The topological polar surface area (TPSA) is 139 Å². The number of hydrogen-bond acceptors (Lipinski definition) is 8. The Balaban J connectivity index is 0.000000312. The van der Waals surface area contributed by atoms with E-state index in [-0.39, 0.29) is 12.2 Å². The van der Waals surface area contributed by atoms with Crippen LogP contribution < -0.4 is 0 Å². The van der Waals surface area contributed by atoms with Crippen molar-refractivity contribution < 1.29 is 45.6 Å². The molecule has 0 bridgehead atoms. The molecule has 0 radical (unpaired) electrons. The fourth-order valence-electron chi connectivity index (χ4n) is 7.85. The Morgan fingerprint density at radius 3 is 0.941 bits per heavy atom. The van der Waals surface area contributed by atoms with E-state index < -0.39 is 10.4 Å². The third kappa shape index (κ3) is 18.8. The number of hydrogen-bond donors (Lipinski definition) is 0. The van der Waals surface area contributed by atoms with Crippen LogP contribution in [0.15, 0.2) is 0 Å². The second kappa shape index (κ2) is 23.2. The van der Waals surface area contributed by atoms with Crippen LogP contribution in [0.2, 0.25) is 0 Å². The van der Waals surface area contributed by atoms with E-state index in [9.17, 15) is 9.59 Å². The normalized spacial score (nSPS) is 20.2. The third-order valence-corrected chi connectivity index (χ3v) is 11.9. The monoisotopic (exact) mass is 747 g/mol. The van der Waals surface area contributed by atoms with Crippen molar-refractivity contribution in [3.05, 3.63) is 0 Å². The van der Waals surface area contributed by atoms with Gasteiger partial charge in [-0.05, 0) is 65.2 Å². The molecule has 4 fully saturated rings. The third-order valence-electron chi connectivity index (χ3n) is 11.9. The van der Waals surface area contributed by atoms with Gasteiger partial charge in [-0.25, -0.2) is 9.59 Å². The molecule has 0 aliphatic heterocycles. The highest BCUT2D eigenvalue weighted by atomic mass is 32.3. The summed E-state index contributed by atoms with van der Waals surface area (Å²) in [5, 5.41) is 0. The van der Waals surface area contributed by atoms with Crippen molar-refractivity contribution in [1.29, 1.82) is 0 Å². The van der Waals surface area contributed by atoms with E-state index in [1.807, 2.05) is 0 Å². The van der Waals surface area contributed by atoms with Crippen molar-refractivity contribution in [2.45, 2.75) is 166 Å². The molecule has 4 aliphatic carbocycles. The highest BCUT2D eigenvalue weighted by Gasteiger charge is 2.35. The van der Waals surface area contributed by atoms with Crippen LogP contribution in [-0.2, 0) is 19.9 Å². The van der Waals surface area contributed by atoms with E-state index >= 15 is 0 Å². The molecule has 0 aromatic carbocycles. The number of amides is 2. The van der Waals surface area contributed by atoms with Gasteiger partial charge >= 0.3 is 12.2 Å². The van der Waals surface area contributed by atoms with Crippen LogP contribution in [0.1, 0.15) is 142 Å². The van der Waals surface area contributed by atoms with Crippen molar-refractivity contribution >= 4 is 22.6 Å². The molecule has 4 saturated carbocycles. The lowest BCUT2D eigenvalue weighted by atomic mass is 9.89. The van der Waals surface area contributed by atoms with Crippen LogP contribution in [0.3, 0.4) is 0 Å². The van der Waals surface area contributed by atoms with Crippen molar-refractivity contribution in [3.8, 4) is 0 Å². The van der Waals surface area contributed by atoms with Gasteiger partial charge in [-0.3, -0.25) is 8.42 Å². The summed E-state index contributed by atoms with van der Waals surface area (Å²) in [7, 11) is 3.59. The average molecular weight is 747 g/mol. The first-order valence-corrected chi connectivity index (χ1v) is 21.6. The van der Waals surface area contributed by atoms with Crippen LogP contribution >= 0.6 is 0 Å². The average Bonchev–Trinajstić information content (AvgIpc) is 3.10. The minimum absolute atomic E-state index is 0.0418. The summed E-state index contributed by atoms with van der Waals surface area (Å²) in [5.41, 5.74) is 0. The van der Waals surface area contributed by atoms with Crippen LogP contribution in [0.5, 0.6) is 0 Å². The second-order valence-electron chi connectivity index (χ2n) is 16.6. The van der Waals surface area contributed by atoms with Crippen molar-refractivity contribution in [3.63, 3.8) is 0 Å². The molecule has 0 aromatic rings. The second-order valence-corrected chi connectivity index (χ2v) is 17.4. The summed E-state index contributed by atoms with van der Waals surface area (Å²) in [5.74, 6) is 0. The molecule has 0 N–H and O–H groups in total. The van der Waals surface area contributed by atoms with Gasteiger partial charge in [-0.15, -0.1) is 0 Å². The summed E-state index contributed by atoms with van der Waals surface area (Å²) in [4.78, 5) is 29.9. The van der Waals surface area contributed by atoms with E-state index in [2.05, 4.69) is 51.8 Å². The molecule has 2 amide bonds. The molecule has 51 heavy (non-hydrogen) atoms. The molecule has 0 spiro atoms. The van der Waals surface area contributed by atoms with Gasteiger partial charge in [0.05, 0.1) is 41.3 Å². The number of nitrogens with zero attached hydrogens (tertiary/aromatic N) is 4. The molecule has 4 aliphatic rings. The Kier molecular flexibility index (Phi) is 20.7. The Labute approximate surface area is 311 Å². The van der Waals surface area contributed by atoms with Crippen LogP contribution in [-0.4, -0.2) is 140 Å². The first-order valence-electron chi connectivity index (χ1n) is 20.3. The summed E-state index contributed by atoms with van der Waals surface area (Å²) in [6, 6.07) is 1.70. The smallest absolute Gasteiger partial charge is 0.410 e. The van der Waals surface area contributed by atoms with E-state index in [4.69, 9.17) is 27.0 Å². The maximum Gasteiger partial charge on any atom is 0.410 e. The Morgan fingerprint density at radius 2 is 0.745 bits per heavy atom. The number of rotatable bonds is 12. The van der Waals surface area contributed by atoms with Gasteiger partial charge < -0.3 is 37.3 Å². The van der Waals surface area contributed by atoms with Gasteiger partial charge in [0.1, 0.15) is 26.3 Å². The first-order chi connectivity index (χ1) is 24.1. The fourth-order valence-corrected chi connectivity index (χ4v) is 7.85. The van der Waals surface area contributed by atoms with Gasteiger partial charge in [0, 0.05) is 34.6 Å². The number of quaternary nitrogens is 2. The maximum atomic E-state index is 12.8. The molecule has 0 aromatic heterocycles. The lowest BCUT2D eigenvalue weighted by Crippen LogP contribution is -2.50. The summed E-state index contributed by atoms with van der Waals surface area (Å²) in [6.07, 6.45) is 24.7. The van der Waals surface area contributed by atoms with Gasteiger partial charge in [0.15, 0.2) is 0 Å². The number of likely N-dealkylation sites (N-methyl/N-ethyl adjacent to an activating group) is 2. The van der Waals surface area contributed by atoms with E-state index in [1.165, 1.54) is 128 Å². The lowest BCUT2D eigenvalue weighted by molar-refractivity contribution is -0.888. The zero-order valence-electron chi connectivity index (χ0n) is 33.2. The minimum atomic E-state index is -5.17. The van der Waals surface area contributed by atoms with Crippen molar-refractivity contribution in [2.24, 2.45) is 0 Å². The predicted molar refractivity (Wildman–Crippen MR) is 199 cm³/mol. The summed E-state index contributed by atoms with van der Waals surface area (Å²) >= 11 is 0. The van der Waals surface area contributed by atoms with Gasteiger partial charge in [0.2, 0.25) is 0 Å². The Bertz CT molecular complexity index is 967. The maximum absolute atomic E-state index is 12.8. The molecule has 300 valence electrons. The van der Waals surface area contributed by atoms with Crippen molar-refractivity contribution in [1.82, 2.24) is 9.80 Å². The predicted octanol–water partition coefficient (Wildman–Crippen LogP) is 7.04. The molecule has 12 nitrogen and oxygen atoms in total. The highest BCUT2D eigenvalue weighted by molar-refractivity contribution is 7.79. The molecule has 0 unspecified atom stereocenters. The fraction of sp³-hybridized carbons (Fsp3) is 0.947. The van der Waals surface area contributed by atoms with E-state index in [0.29, 0.717) is 37.4 Å². The Morgan fingerprint density at radius 1 is 0.529 bits per heavy atom. The van der Waals surface area contributed by atoms with Gasteiger partial charge in [0.25, 0.3) is 0 Å². The minimum Gasteiger partial charge on any atom is -0.759 e. The standard InChI is InChI=1S/2C19H37N2O2.H2O4S/c2*1-4-21(2,3)15-16-23-19(22)20(17-11-7-5-8-12-17)18-13-9-6-10-14-18;1-5(2,3)4/h2*17-18H,4-16H2,1-3H3;(H2,1,2,3,4)/q2*+1;/p-2. The van der Waals surface area contributed by atoms with Crippen LogP contribution in [0, 0.1) is 0 Å². The number of carbonyl (C=O) groups excluding carboxylic acids is 2. The Hall–Kier alpha value is -1.67. The molecule has 0 saturated heterocycles. The number of ether oxygens (including phenoxy) is 2. The SMILES string of the molecule is CC[N+](C)(C)CCOC(=O)N(C1CCCCC1)C1CCCCC1.CC[N+](C)(C)CCOC(=O)N(C1CCCCC1)C1CCCCC1.O=S(=O)([O-])[O-]. The molecular weight excluding hydrogens is 673 g/mol. The summed E-state index contributed by atoms with van der Waals surface area (Å²) < 4.78 is 47.3. The van der Waals surface area contributed by atoms with Gasteiger partial charge in [-0.2, -0.15) is 0 Å².